The van der Waals surface area contributed by atoms with E-state index in [1.807, 2.05) is 4.90 Å². The zero-order valence-corrected chi connectivity index (χ0v) is 15.2. The standard InChI is InChI=1S/C20H22F3N3O2/c21-20(22,23)16-4-2-1-3-15(16)12-19(13-27)6-9-26(10-7-19)17-11-14(18(24)28)5-8-25-17/h1-5,8,11,27H,6-7,9-10,12-13H2,(H2,24,28). The van der Waals surface area contributed by atoms with Crippen LogP contribution >= 0.6 is 0 Å². The first-order valence-corrected chi connectivity index (χ1v) is 9.01. The van der Waals surface area contributed by atoms with Crippen LogP contribution in [0.25, 0.3) is 0 Å². The van der Waals surface area contributed by atoms with Crippen LogP contribution in [0, 0.1) is 5.41 Å². The molecule has 1 amide bonds. The van der Waals surface area contributed by atoms with Gasteiger partial charge in [0.25, 0.3) is 0 Å². The first-order valence-electron chi connectivity index (χ1n) is 9.01. The van der Waals surface area contributed by atoms with Gasteiger partial charge in [-0.05, 0) is 43.0 Å². The summed E-state index contributed by atoms with van der Waals surface area (Å²) in [5.41, 5.74) is 4.57. The number of benzene rings is 1. The van der Waals surface area contributed by atoms with E-state index in [0.29, 0.717) is 37.3 Å². The summed E-state index contributed by atoms with van der Waals surface area (Å²) in [7, 11) is 0. The van der Waals surface area contributed by atoms with Crippen molar-refractivity contribution < 1.29 is 23.1 Å². The molecule has 8 heteroatoms. The Morgan fingerprint density at radius 2 is 1.89 bits per heavy atom. The highest BCUT2D eigenvalue weighted by atomic mass is 19.4. The molecule has 3 N–H and O–H groups in total. The van der Waals surface area contributed by atoms with E-state index in [1.165, 1.54) is 24.4 Å². The van der Waals surface area contributed by atoms with Gasteiger partial charge in [0.2, 0.25) is 5.91 Å². The van der Waals surface area contributed by atoms with Crippen LogP contribution in [-0.2, 0) is 12.6 Å². The molecule has 1 aromatic carbocycles. The molecule has 2 heterocycles. The van der Waals surface area contributed by atoms with Gasteiger partial charge in [0.1, 0.15) is 5.82 Å². The van der Waals surface area contributed by atoms with Crippen molar-refractivity contribution in [1.29, 1.82) is 0 Å². The van der Waals surface area contributed by atoms with E-state index in [4.69, 9.17) is 5.73 Å². The third-order valence-corrected chi connectivity index (χ3v) is 5.40. The molecule has 0 atom stereocenters. The Hall–Kier alpha value is -2.61. The fourth-order valence-corrected chi connectivity index (χ4v) is 3.70. The van der Waals surface area contributed by atoms with E-state index in [9.17, 15) is 23.1 Å². The summed E-state index contributed by atoms with van der Waals surface area (Å²) in [4.78, 5) is 17.6. The second-order valence-corrected chi connectivity index (χ2v) is 7.24. The van der Waals surface area contributed by atoms with Crippen molar-refractivity contribution in [3.63, 3.8) is 0 Å². The van der Waals surface area contributed by atoms with E-state index >= 15 is 0 Å². The van der Waals surface area contributed by atoms with Crippen LogP contribution in [0.1, 0.15) is 34.3 Å². The number of nitrogens with zero attached hydrogens (tertiary/aromatic N) is 2. The zero-order valence-electron chi connectivity index (χ0n) is 15.2. The number of hydrogen-bond donors (Lipinski definition) is 2. The van der Waals surface area contributed by atoms with Gasteiger partial charge in [-0.15, -0.1) is 0 Å². The Balaban J connectivity index is 1.76. The summed E-state index contributed by atoms with van der Waals surface area (Å²) in [6, 6.07) is 8.65. The minimum Gasteiger partial charge on any atom is -0.396 e. The number of carbonyl (C=O) groups excluding carboxylic acids is 1. The summed E-state index contributed by atoms with van der Waals surface area (Å²) in [6.07, 6.45) is -1.74. The van der Waals surface area contributed by atoms with Crippen LogP contribution in [0.2, 0.25) is 0 Å². The summed E-state index contributed by atoms with van der Waals surface area (Å²) in [5.74, 6) is 0.0488. The Morgan fingerprint density at radius 1 is 1.21 bits per heavy atom. The lowest BCUT2D eigenvalue weighted by molar-refractivity contribution is -0.138. The number of halogens is 3. The van der Waals surface area contributed by atoms with Gasteiger partial charge in [0, 0.05) is 36.9 Å². The van der Waals surface area contributed by atoms with Gasteiger partial charge in [-0.2, -0.15) is 13.2 Å². The molecule has 3 rings (SSSR count). The number of anilines is 1. The van der Waals surface area contributed by atoms with E-state index < -0.39 is 23.1 Å². The van der Waals surface area contributed by atoms with Crippen molar-refractivity contribution in [3.05, 3.63) is 59.3 Å². The minimum absolute atomic E-state index is 0.155. The predicted octanol–water partition coefficient (Wildman–Crippen LogP) is 3.02. The number of aliphatic hydroxyl groups excluding tert-OH is 1. The average Bonchev–Trinajstić information content (AvgIpc) is 2.68. The number of primary amides is 1. The van der Waals surface area contributed by atoms with Crippen molar-refractivity contribution in [1.82, 2.24) is 4.98 Å². The number of alkyl halides is 3. The molecule has 0 saturated carbocycles. The maximum absolute atomic E-state index is 13.3. The summed E-state index contributed by atoms with van der Waals surface area (Å²) in [5, 5.41) is 9.99. The molecule has 1 aromatic heterocycles. The van der Waals surface area contributed by atoms with E-state index in [0.717, 1.165) is 6.07 Å². The fourth-order valence-electron chi connectivity index (χ4n) is 3.70. The van der Waals surface area contributed by atoms with Gasteiger partial charge in [0.05, 0.1) is 5.56 Å². The highest BCUT2D eigenvalue weighted by Gasteiger charge is 2.39. The number of nitrogens with two attached hydrogens (primary N) is 1. The van der Waals surface area contributed by atoms with Gasteiger partial charge in [0.15, 0.2) is 0 Å². The van der Waals surface area contributed by atoms with Gasteiger partial charge in [-0.25, -0.2) is 4.98 Å². The predicted molar refractivity (Wildman–Crippen MR) is 98.9 cm³/mol. The Kier molecular flexibility index (Phi) is 5.60. The Bertz CT molecular complexity index is 847. The third kappa shape index (κ3) is 4.27. The van der Waals surface area contributed by atoms with Crippen molar-refractivity contribution in [2.75, 3.05) is 24.6 Å². The largest absolute Gasteiger partial charge is 0.416 e. The maximum atomic E-state index is 13.3. The number of pyridine rings is 1. The number of amides is 1. The topological polar surface area (TPSA) is 79.5 Å². The Morgan fingerprint density at radius 3 is 2.50 bits per heavy atom. The molecule has 0 aliphatic carbocycles. The summed E-state index contributed by atoms with van der Waals surface area (Å²) in [6.45, 7) is 0.843. The first-order chi connectivity index (χ1) is 13.2. The molecule has 0 radical (unpaired) electrons. The molecule has 1 aliphatic heterocycles. The lowest BCUT2D eigenvalue weighted by atomic mass is 9.73. The van der Waals surface area contributed by atoms with E-state index in [2.05, 4.69) is 4.98 Å². The smallest absolute Gasteiger partial charge is 0.396 e. The van der Waals surface area contributed by atoms with Crippen LogP contribution in [0.5, 0.6) is 0 Å². The van der Waals surface area contributed by atoms with E-state index in [1.54, 1.807) is 12.1 Å². The van der Waals surface area contributed by atoms with Gasteiger partial charge >= 0.3 is 6.18 Å². The van der Waals surface area contributed by atoms with Gasteiger partial charge < -0.3 is 15.7 Å². The molecule has 0 bridgehead atoms. The van der Waals surface area contributed by atoms with Crippen molar-refractivity contribution in [2.24, 2.45) is 11.1 Å². The third-order valence-electron chi connectivity index (χ3n) is 5.40. The van der Waals surface area contributed by atoms with Crippen molar-refractivity contribution in [3.8, 4) is 0 Å². The molecule has 1 fully saturated rings. The van der Waals surface area contributed by atoms with Crippen molar-refractivity contribution in [2.45, 2.75) is 25.4 Å². The van der Waals surface area contributed by atoms with Crippen LogP contribution in [0.15, 0.2) is 42.6 Å². The fraction of sp³-hybridized carbons (Fsp3) is 0.400. The number of piperidine rings is 1. The van der Waals surface area contributed by atoms with Crippen LogP contribution < -0.4 is 10.6 Å². The van der Waals surface area contributed by atoms with Crippen LogP contribution in [0.4, 0.5) is 19.0 Å². The SMILES string of the molecule is NC(=O)c1ccnc(N2CCC(CO)(Cc3ccccc3C(F)(F)F)CC2)c1. The number of rotatable bonds is 5. The lowest BCUT2D eigenvalue weighted by Gasteiger charge is -2.41. The van der Waals surface area contributed by atoms with Gasteiger partial charge in [-0.1, -0.05) is 18.2 Å². The molecular formula is C20H22F3N3O2. The monoisotopic (exact) mass is 393 g/mol. The second kappa shape index (κ2) is 7.79. The van der Waals surface area contributed by atoms with Gasteiger partial charge in [-0.3, -0.25) is 4.79 Å². The van der Waals surface area contributed by atoms with Crippen LogP contribution in [0.3, 0.4) is 0 Å². The number of hydrogen-bond acceptors (Lipinski definition) is 4. The second-order valence-electron chi connectivity index (χ2n) is 7.24. The zero-order chi connectivity index (χ0) is 20.4. The number of aliphatic hydroxyl groups is 1. The first kappa shape index (κ1) is 20.1. The molecule has 28 heavy (non-hydrogen) atoms. The highest BCUT2D eigenvalue weighted by Crippen LogP contribution is 2.40. The molecule has 0 unspecified atom stereocenters. The Labute approximate surface area is 161 Å². The maximum Gasteiger partial charge on any atom is 0.416 e. The highest BCUT2D eigenvalue weighted by molar-refractivity contribution is 5.93. The summed E-state index contributed by atoms with van der Waals surface area (Å²) >= 11 is 0. The molecule has 5 nitrogen and oxygen atoms in total. The quantitative estimate of drug-likeness (QED) is 0.819. The molecular weight excluding hydrogens is 371 g/mol. The number of carbonyl (C=O) groups is 1. The number of aromatic nitrogens is 1. The summed E-state index contributed by atoms with van der Waals surface area (Å²) < 4.78 is 39.9. The molecule has 1 saturated heterocycles. The van der Waals surface area contributed by atoms with E-state index in [-0.39, 0.29) is 18.6 Å². The molecule has 0 spiro atoms. The average molecular weight is 393 g/mol. The lowest BCUT2D eigenvalue weighted by Crippen LogP contribution is -2.44. The molecule has 2 aromatic rings. The van der Waals surface area contributed by atoms with Crippen molar-refractivity contribution >= 4 is 11.7 Å². The van der Waals surface area contributed by atoms with Crippen LogP contribution in [-0.4, -0.2) is 35.7 Å². The minimum atomic E-state index is -4.42. The normalized spacial score (nSPS) is 16.8. The molecule has 1 aliphatic rings. The molecule has 150 valence electrons.